The average molecular weight is 330 g/mol. The highest BCUT2D eigenvalue weighted by atomic mass is 16.5. The number of anilines is 1. The molecule has 0 aromatic heterocycles. The molecule has 132 valence electrons. The molecule has 3 rings (SSSR count). The number of rotatable bonds is 3. The Kier molecular flexibility index (Phi) is 4.99. The molecule has 0 radical (unpaired) electrons. The summed E-state index contributed by atoms with van der Waals surface area (Å²) >= 11 is 0. The van der Waals surface area contributed by atoms with Crippen LogP contribution in [0.5, 0.6) is 0 Å². The number of aliphatic imine (C=N–C) groups is 1. The third-order valence-corrected chi connectivity index (χ3v) is 5.29. The highest BCUT2D eigenvalue weighted by Crippen LogP contribution is 2.38. The number of nitrogens with one attached hydrogen (secondary N) is 1. The highest BCUT2D eigenvalue weighted by molar-refractivity contribution is 5.80. The fourth-order valence-corrected chi connectivity index (χ4v) is 3.83. The summed E-state index contributed by atoms with van der Waals surface area (Å²) in [6.45, 7) is 6.87. The van der Waals surface area contributed by atoms with Crippen LogP contribution in [0.2, 0.25) is 0 Å². The van der Waals surface area contributed by atoms with Crippen molar-refractivity contribution in [3.05, 3.63) is 29.3 Å². The smallest absolute Gasteiger partial charge is 0.193 e. The monoisotopic (exact) mass is 330 g/mol. The van der Waals surface area contributed by atoms with E-state index in [-0.39, 0.29) is 0 Å². The maximum atomic E-state index is 5.63. The number of ether oxygens (including phenoxy) is 1. The average Bonchev–Trinajstić information content (AvgIpc) is 3.19. The molecule has 1 N–H and O–H groups in total. The van der Waals surface area contributed by atoms with E-state index in [4.69, 9.17) is 4.74 Å². The Morgan fingerprint density at radius 1 is 1.38 bits per heavy atom. The minimum atomic E-state index is 0.357. The zero-order valence-electron chi connectivity index (χ0n) is 15.4. The van der Waals surface area contributed by atoms with Crippen LogP contribution in [0.1, 0.15) is 24.0 Å². The number of guanidine groups is 1. The van der Waals surface area contributed by atoms with Crippen LogP contribution in [0.4, 0.5) is 5.69 Å². The van der Waals surface area contributed by atoms with E-state index in [2.05, 4.69) is 59.3 Å². The van der Waals surface area contributed by atoms with Crippen molar-refractivity contribution in [3.63, 3.8) is 0 Å². The lowest BCUT2D eigenvalue weighted by molar-refractivity contribution is 0.156. The molecule has 1 aromatic carbocycles. The van der Waals surface area contributed by atoms with E-state index < -0.39 is 0 Å². The van der Waals surface area contributed by atoms with Crippen molar-refractivity contribution in [1.82, 2.24) is 10.2 Å². The summed E-state index contributed by atoms with van der Waals surface area (Å²) in [7, 11) is 6.06. The van der Waals surface area contributed by atoms with Gasteiger partial charge >= 0.3 is 0 Å². The first-order valence-electron chi connectivity index (χ1n) is 8.83. The predicted octanol–water partition coefficient (Wildman–Crippen LogP) is 2.25. The maximum Gasteiger partial charge on any atom is 0.193 e. The molecule has 0 aliphatic carbocycles. The first kappa shape index (κ1) is 17.1. The molecular weight excluding hydrogens is 300 g/mol. The Balaban J connectivity index is 1.65. The van der Waals surface area contributed by atoms with Gasteiger partial charge in [-0.3, -0.25) is 4.99 Å². The molecule has 5 nitrogen and oxygen atoms in total. The van der Waals surface area contributed by atoms with E-state index in [1.54, 1.807) is 0 Å². The normalized spacial score (nSPS) is 24.0. The van der Waals surface area contributed by atoms with E-state index in [9.17, 15) is 0 Å². The quantitative estimate of drug-likeness (QED) is 0.682. The molecular formula is C19H30N4O. The number of hydrogen-bond acceptors (Lipinski definition) is 3. The molecule has 2 saturated heterocycles. The number of hydrogen-bond donors (Lipinski definition) is 1. The van der Waals surface area contributed by atoms with Crippen molar-refractivity contribution >= 4 is 11.6 Å². The maximum absolute atomic E-state index is 5.63. The summed E-state index contributed by atoms with van der Waals surface area (Å²) in [6.07, 6.45) is 2.39. The van der Waals surface area contributed by atoms with Crippen molar-refractivity contribution in [2.24, 2.45) is 10.4 Å². The Hall–Kier alpha value is -1.75. The van der Waals surface area contributed by atoms with Crippen molar-refractivity contribution in [2.45, 2.75) is 26.3 Å². The van der Waals surface area contributed by atoms with Gasteiger partial charge in [0.05, 0.1) is 6.61 Å². The van der Waals surface area contributed by atoms with Gasteiger partial charge in [-0.15, -0.1) is 0 Å². The van der Waals surface area contributed by atoms with E-state index in [1.807, 2.05) is 7.05 Å². The number of nitrogens with zero attached hydrogens (tertiary/aromatic N) is 3. The lowest BCUT2D eigenvalue weighted by Gasteiger charge is -2.26. The topological polar surface area (TPSA) is 40.1 Å². The third kappa shape index (κ3) is 3.51. The summed E-state index contributed by atoms with van der Waals surface area (Å²) < 4.78 is 5.63. The molecule has 1 atom stereocenters. The van der Waals surface area contributed by atoms with Gasteiger partial charge in [-0.25, -0.2) is 0 Å². The summed E-state index contributed by atoms with van der Waals surface area (Å²) in [5.74, 6) is 1.00. The first-order chi connectivity index (χ1) is 11.5. The van der Waals surface area contributed by atoms with E-state index in [0.29, 0.717) is 5.41 Å². The van der Waals surface area contributed by atoms with Gasteiger partial charge in [0.15, 0.2) is 5.96 Å². The fraction of sp³-hybridized carbons (Fsp3) is 0.632. The van der Waals surface area contributed by atoms with Crippen LogP contribution in [0.25, 0.3) is 0 Å². The molecule has 0 saturated carbocycles. The van der Waals surface area contributed by atoms with Crippen molar-refractivity contribution < 1.29 is 4.74 Å². The second kappa shape index (κ2) is 7.01. The predicted molar refractivity (Wildman–Crippen MR) is 99.8 cm³/mol. The highest BCUT2D eigenvalue weighted by Gasteiger charge is 2.42. The SMILES string of the molecule is CN=C(NCc1ccc(C)cc1N(C)C)N1CCC2(CCOC2)C1. The van der Waals surface area contributed by atoms with Crippen LogP contribution in [-0.2, 0) is 11.3 Å². The van der Waals surface area contributed by atoms with Crippen LogP contribution in [-0.4, -0.2) is 58.3 Å². The van der Waals surface area contributed by atoms with Gasteiger partial charge in [0, 0.05) is 58.5 Å². The van der Waals surface area contributed by atoms with Gasteiger partial charge in [0.2, 0.25) is 0 Å². The fourth-order valence-electron chi connectivity index (χ4n) is 3.83. The summed E-state index contributed by atoms with van der Waals surface area (Å²) in [6, 6.07) is 6.62. The zero-order valence-corrected chi connectivity index (χ0v) is 15.4. The van der Waals surface area contributed by atoms with E-state index in [0.717, 1.165) is 38.8 Å². The van der Waals surface area contributed by atoms with Crippen LogP contribution in [0.15, 0.2) is 23.2 Å². The lowest BCUT2D eigenvalue weighted by atomic mass is 9.87. The first-order valence-corrected chi connectivity index (χ1v) is 8.83. The third-order valence-electron chi connectivity index (χ3n) is 5.29. The van der Waals surface area contributed by atoms with Crippen molar-refractivity contribution in [2.75, 3.05) is 52.3 Å². The van der Waals surface area contributed by atoms with Gasteiger partial charge < -0.3 is 19.9 Å². The minimum absolute atomic E-state index is 0.357. The number of aryl methyl sites for hydroxylation is 1. The van der Waals surface area contributed by atoms with Gasteiger partial charge in [0.1, 0.15) is 0 Å². The molecule has 2 aliphatic rings. The molecule has 2 heterocycles. The van der Waals surface area contributed by atoms with E-state index >= 15 is 0 Å². The largest absolute Gasteiger partial charge is 0.381 e. The van der Waals surface area contributed by atoms with Gasteiger partial charge in [-0.1, -0.05) is 12.1 Å². The summed E-state index contributed by atoms with van der Waals surface area (Å²) in [5.41, 5.74) is 4.20. The Labute approximate surface area is 145 Å². The van der Waals surface area contributed by atoms with Crippen LogP contribution in [0, 0.1) is 12.3 Å². The summed E-state index contributed by atoms with van der Waals surface area (Å²) in [4.78, 5) is 9.07. The molecule has 2 aliphatic heterocycles. The molecule has 24 heavy (non-hydrogen) atoms. The van der Waals surface area contributed by atoms with Crippen molar-refractivity contribution in [1.29, 1.82) is 0 Å². The zero-order chi connectivity index (χ0) is 17.2. The number of benzene rings is 1. The van der Waals surface area contributed by atoms with Gasteiger partial charge in [0.25, 0.3) is 0 Å². The Morgan fingerprint density at radius 3 is 2.88 bits per heavy atom. The second-order valence-electron chi connectivity index (χ2n) is 7.40. The van der Waals surface area contributed by atoms with Crippen LogP contribution >= 0.6 is 0 Å². The molecule has 5 heteroatoms. The van der Waals surface area contributed by atoms with Gasteiger partial charge in [-0.05, 0) is 37.0 Å². The minimum Gasteiger partial charge on any atom is -0.381 e. The molecule has 1 aromatic rings. The standard InChI is InChI=1S/C19H30N4O/c1-15-5-6-16(17(11-15)22(3)4)12-21-18(20-2)23-9-7-19(13-23)8-10-24-14-19/h5-6,11H,7-10,12-14H2,1-4H3,(H,20,21). The molecule has 1 spiro atoms. The Bertz CT molecular complexity index is 605. The second-order valence-corrected chi connectivity index (χ2v) is 7.40. The molecule has 0 bridgehead atoms. The van der Waals surface area contributed by atoms with Crippen LogP contribution in [0.3, 0.4) is 0 Å². The Morgan fingerprint density at radius 2 is 2.21 bits per heavy atom. The molecule has 2 fully saturated rings. The number of likely N-dealkylation sites (tertiary alicyclic amines) is 1. The van der Waals surface area contributed by atoms with E-state index in [1.165, 1.54) is 29.7 Å². The lowest BCUT2D eigenvalue weighted by Crippen LogP contribution is -2.41. The van der Waals surface area contributed by atoms with Crippen molar-refractivity contribution in [3.8, 4) is 0 Å². The van der Waals surface area contributed by atoms with Gasteiger partial charge in [-0.2, -0.15) is 0 Å². The molecule has 1 unspecified atom stereocenters. The molecule has 0 amide bonds. The van der Waals surface area contributed by atoms with Crippen LogP contribution < -0.4 is 10.2 Å². The summed E-state index contributed by atoms with van der Waals surface area (Å²) in [5, 5.41) is 3.56.